The third-order valence-electron chi connectivity index (χ3n) is 9.06. The van der Waals surface area contributed by atoms with E-state index in [1.54, 1.807) is 11.3 Å². The van der Waals surface area contributed by atoms with Gasteiger partial charge in [-0.2, -0.15) is 0 Å². The van der Waals surface area contributed by atoms with Gasteiger partial charge in [0.25, 0.3) is 0 Å². The number of piperazine rings is 1. The van der Waals surface area contributed by atoms with Gasteiger partial charge >= 0.3 is 0 Å². The van der Waals surface area contributed by atoms with Gasteiger partial charge in [0.1, 0.15) is 0 Å². The van der Waals surface area contributed by atoms with Crippen LogP contribution in [0.5, 0.6) is 0 Å². The number of carbonyl (C=O) groups excluding carboxylic acids is 1. The van der Waals surface area contributed by atoms with E-state index in [-0.39, 0.29) is 35.0 Å². The Labute approximate surface area is 213 Å². The first kappa shape index (κ1) is 24.7. The van der Waals surface area contributed by atoms with Gasteiger partial charge in [-0.05, 0) is 49.1 Å². The van der Waals surface area contributed by atoms with Crippen LogP contribution in [-0.4, -0.2) is 65.1 Å². The van der Waals surface area contributed by atoms with Gasteiger partial charge in [-0.1, -0.05) is 51.1 Å². The van der Waals surface area contributed by atoms with Crippen molar-refractivity contribution in [1.29, 1.82) is 0 Å². The first-order valence-electron chi connectivity index (χ1n) is 13.2. The van der Waals surface area contributed by atoms with Crippen molar-refractivity contribution in [2.24, 2.45) is 23.2 Å². The number of carbonyl (C=O) groups is 1. The molecule has 3 aliphatic rings. The molecule has 5 rings (SSSR count). The van der Waals surface area contributed by atoms with Crippen molar-refractivity contribution in [1.82, 2.24) is 14.8 Å². The van der Waals surface area contributed by atoms with Crippen molar-refractivity contribution in [3.63, 3.8) is 0 Å². The minimum atomic E-state index is -0.481. The number of rotatable bonds is 5. The van der Waals surface area contributed by atoms with E-state index in [2.05, 4.69) is 55.4 Å². The Morgan fingerprint density at radius 1 is 1.26 bits per heavy atom. The van der Waals surface area contributed by atoms with Crippen molar-refractivity contribution in [3.8, 4) is 0 Å². The van der Waals surface area contributed by atoms with E-state index in [1.807, 2.05) is 17.9 Å². The van der Waals surface area contributed by atoms with Crippen LogP contribution in [0, 0.1) is 23.2 Å². The molecule has 1 aliphatic heterocycles. The van der Waals surface area contributed by atoms with Crippen LogP contribution >= 0.6 is 11.3 Å². The summed E-state index contributed by atoms with van der Waals surface area (Å²) in [5.74, 6) is 0.385. The molecule has 1 amide bonds. The molecule has 35 heavy (non-hydrogen) atoms. The van der Waals surface area contributed by atoms with Crippen molar-refractivity contribution in [3.05, 3.63) is 46.5 Å². The van der Waals surface area contributed by atoms with E-state index in [0.717, 1.165) is 62.8 Å². The zero-order valence-electron chi connectivity index (χ0n) is 21.5. The summed E-state index contributed by atoms with van der Waals surface area (Å²) in [5.41, 5.74) is 2.43. The van der Waals surface area contributed by atoms with Crippen LogP contribution < -0.4 is 5.32 Å². The number of anilines is 1. The van der Waals surface area contributed by atoms with Gasteiger partial charge in [-0.25, -0.2) is 4.98 Å². The number of aliphatic hydroxyl groups excluding tert-OH is 1. The van der Waals surface area contributed by atoms with Crippen LogP contribution in [0.25, 0.3) is 0 Å². The van der Waals surface area contributed by atoms with E-state index >= 15 is 0 Å². The maximum absolute atomic E-state index is 13.3. The summed E-state index contributed by atoms with van der Waals surface area (Å²) in [6, 6.07) is 10.4. The second-order valence-electron chi connectivity index (χ2n) is 11.4. The molecule has 2 aromatic rings. The van der Waals surface area contributed by atoms with Crippen molar-refractivity contribution >= 4 is 22.4 Å². The Kier molecular flexibility index (Phi) is 6.94. The summed E-state index contributed by atoms with van der Waals surface area (Å²) in [6.07, 6.45) is 2.45. The maximum atomic E-state index is 13.3. The Balaban J connectivity index is 1.30. The highest BCUT2D eigenvalue weighted by Gasteiger charge is 2.54. The van der Waals surface area contributed by atoms with Crippen LogP contribution in [-0.2, 0) is 17.8 Å². The fraction of sp³-hybridized carbons (Fsp3) is 0.643. The van der Waals surface area contributed by atoms with Crippen LogP contribution in [0.1, 0.15) is 55.7 Å². The van der Waals surface area contributed by atoms with Crippen molar-refractivity contribution in [2.75, 3.05) is 38.5 Å². The molecule has 0 radical (unpaired) electrons. The number of hydrogen-bond acceptors (Lipinski definition) is 6. The Morgan fingerprint density at radius 3 is 2.69 bits per heavy atom. The predicted octanol–water partition coefficient (Wildman–Crippen LogP) is 4.22. The summed E-state index contributed by atoms with van der Waals surface area (Å²) in [4.78, 5) is 24.0. The number of aliphatic hydroxyl groups is 1. The third-order valence-corrected chi connectivity index (χ3v) is 10.1. The maximum Gasteiger partial charge on any atom is 0.225 e. The molecule has 6 atom stereocenters. The molecule has 2 N–H and O–H groups in total. The van der Waals surface area contributed by atoms with Gasteiger partial charge in [-0.15, -0.1) is 11.3 Å². The molecule has 1 aromatic heterocycles. The Morgan fingerprint density at radius 2 is 1.97 bits per heavy atom. The van der Waals surface area contributed by atoms with Gasteiger partial charge in [0.15, 0.2) is 5.13 Å². The quantitative estimate of drug-likeness (QED) is 0.649. The van der Waals surface area contributed by atoms with E-state index in [4.69, 9.17) is 4.98 Å². The molecular weight excluding hydrogens is 456 g/mol. The highest BCUT2D eigenvalue weighted by Crippen LogP contribution is 2.57. The fourth-order valence-electron chi connectivity index (χ4n) is 6.89. The average molecular weight is 497 g/mol. The lowest BCUT2D eigenvalue weighted by molar-refractivity contribution is -0.146. The summed E-state index contributed by atoms with van der Waals surface area (Å²) >= 11 is 1.78. The molecule has 0 spiro atoms. The Bertz CT molecular complexity index is 1030. The zero-order chi connectivity index (χ0) is 24.7. The smallest absolute Gasteiger partial charge is 0.225 e. The van der Waals surface area contributed by atoms with Crippen molar-refractivity contribution < 1.29 is 9.90 Å². The molecule has 1 saturated carbocycles. The number of nitrogens with zero attached hydrogens (tertiary/aromatic N) is 3. The second kappa shape index (κ2) is 9.83. The van der Waals surface area contributed by atoms with Gasteiger partial charge in [0.05, 0.1) is 11.8 Å². The van der Waals surface area contributed by atoms with E-state index in [0.29, 0.717) is 0 Å². The number of likely N-dealkylation sites (N-methyl/N-ethyl adjacent to an activating group) is 1. The van der Waals surface area contributed by atoms with E-state index in [1.165, 1.54) is 10.4 Å². The molecule has 1 saturated heterocycles. The van der Waals surface area contributed by atoms with Crippen molar-refractivity contribution in [2.45, 2.75) is 58.6 Å². The standard InChI is InChI=1S/C28H40N4O2S/c1-18(26(34)32-14-12-31(4)13-15-32)21-10-11-28(3)16-22-24(19(2)23(28)25(21)33)30-27(35-22)29-17-20-8-6-5-7-9-20/h5-9,18-19,21,23,25,33H,10-17H2,1-4H3,(H,29,30). The number of hydrogen-bond donors (Lipinski definition) is 2. The first-order chi connectivity index (χ1) is 16.8. The monoisotopic (exact) mass is 496 g/mol. The number of benzene rings is 1. The summed E-state index contributed by atoms with van der Waals surface area (Å²) < 4.78 is 0. The zero-order valence-corrected chi connectivity index (χ0v) is 22.4. The molecular formula is C28H40N4O2S. The summed E-state index contributed by atoms with van der Waals surface area (Å²) in [6.45, 7) is 10.8. The van der Waals surface area contributed by atoms with E-state index in [9.17, 15) is 9.90 Å². The molecule has 7 heteroatoms. The van der Waals surface area contributed by atoms with Gasteiger partial charge in [0, 0.05) is 49.4 Å². The predicted molar refractivity (Wildman–Crippen MR) is 142 cm³/mol. The highest BCUT2D eigenvalue weighted by molar-refractivity contribution is 7.15. The van der Waals surface area contributed by atoms with Gasteiger partial charge in [-0.3, -0.25) is 4.79 Å². The average Bonchev–Trinajstić information content (AvgIpc) is 3.25. The number of nitrogens with one attached hydrogen (secondary N) is 1. The number of aromatic nitrogens is 1. The van der Waals surface area contributed by atoms with Gasteiger partial charge in [0.2, 0.25) is 5.91 Å². The third kappa shape index (κ3) is 4.75. The SMILES string of the molecule is CC(C(=O)N1CCN(C)CC1)C1CCC2(C)Cc3sc(NCc4ccccc4)nc3C(C)C2C1O. The molecule has 0 bridgehead atoms. The topological polar surface area (TPSA) is 68.7 Å². The van der Waals surface area contributed by atoms with Crippen LogP contribution in [0.15, 0.2) is 30.3 Å². The molecule has 2 fully saturated rings. The first-order valence-corrected chi connectivity index (χ1v) is 14.0. The minimum Gasteiger partial charge on any atom is -0.392 e. The van der Waals surface area contributed by atoms with Crippen LogP contribution in [0.4, 0.5) is 5.13 Å². The largest absolute Gasteiger partial charge is 0.392 e. The lowest BCUT2D eigenvalue weighted by Crippen LogP contribution is -2.55. The second-order valence-corrected chi connectivity index (χ2v) is 12.5. The van der Waals surface area contributed by atoms with Crippen LogP contribution in [0.3, 0.4) is 0 Å². The van der Waals surface area contributed by atoms with Crippen LogP contribution in [0.2, 0.25) is 0 Å². The van der Waals surface area contributed by atoms with Gasteiger partial charge < -0.3 is 20.2 Å². The minimum absolute atomic E-state index is 0.0125. The molecule has 2 heterocycles. The molecule has 2 aliphatic carbocycles. The fourth-order valence-corrected chi connectivity index (χ4v) is 8.15. The van der Waals surface area contributed by atoms with E-state index < -0.39 is 6.10 Å². The number of amides is 1. The Hall–Kier alpha value is -1.96. The molecule has 1 aromatic carbocycles. The molecule has 6 unspecified atom stereocenters. The molecule has 6 nitrogen and oxygen atoms in total. The summed E-state index contributed by atoms with van der Waals surface area (Å²) in [7, 11) is 2.11. The lowest BCUT2D eigenvalue weighted by Gasteiger charge is -2.53. The normalized spacial score (nSPS) is 32.0. The highest BCUT2D eigenvalue weighted by atomic mass is 32.1. The number of fused-ring (bicyclic) bond motifs is 2. The molecule has 190 valence electrons. The number of thiazole rings is 1. The lowest BCUT2D eigenvalue weighted by atomic mass is 9.53. The summed E-state index contributed by atoms with van der Waals surface area (Å²) in [5, 5.41) is 16.2.